The summed E-state index contributed by atoms with van der Waals surface area (Å²) in [5, 5.41) is 0.673. The van der Waals surface area contributed by atoms with Crippen LogP contribution in [0.2, 0.25) is 0 Å². The summed E-state index contributed by atoms with van der Waals surface area (Å²) in [6.07, 6.45) is 5.39. The molecule has 0 unspecified atom stereocenters. The van der Waals surface area contributed by atoms with E-state index in [2.05, 4.69) is 29.0 Å². The van der Waals surface area contributed by atoms with Crippen molar-refractivity contribution < 1.29 is 4.79 Å². The van der Waals surface area contributed by atoms with E-state index in [1.54, 1.807) is 28.6 Å². The molecule has 0 aliphatic rings. The number of carbonyl (C=O) groups excluding carboxylic acids is 1. The Morgan fingerprint density at radius 1 is 1.03 bits per heavy atom. The molecule has 154 valence electrons. The molecule has 0 fully saturated rings. The molecular formula is C24H21N5OS. The average molecular weight is 428 g/mol. The second-order valence-corrected chi connectivity index (χ2v) is 8.58. The first-order valence-corrected chi connectivity index (χ1v) is 10.9. The number of anilines is 1. The zero-order valence-corrected chi connectivity index (χ0v) is 18.3. The number of thiazole rings is 1. The van der Waals surface area contributed by atoms with E-state index in [-0.39, 0.29) is 5.91 Å². The first kappa shape index (κ1) is 19.4. The third kappa shape index (κ3) is 3.37. The van der Waals surface area contributed by atoms with Crippen LogP contribution < -0.4 is 4.90 Å². The summed E-state index contributed by atoms with van der Waals surface area (Å²) in [6.45, 7) is 6.37. The molecule has 1 amide bonds. The minimum atomic E-state index is -0.130. The Kier molecular flexibility index (Phi) is 4.75. The number of aromatic nitrogens is 4. The molecule has 5 aromatic rings. The van der Waals surface area contributed by atoms with Gasteiger partial charge in [0.15, 0.2) is 5.13 Å². The highest BCUT2D eigenvalue weighted by Gasteiger charge is 2.27. The largest absolute Gasteiger partial charge is 0.295 e. The van der Waals surface area contributed by atoms with Crippen molar-refractivity contribution >= 4 is 38.2 Å². The Labute approximate surface area is 183 Å². The maximum absolute atomic E-state index is 13.9. The van der Waals surface area contributed by atoms with Crippen molar-refractivity contribution in [2.75, 3.05) is 4.90 Å². The normalized spacial score (nSPS) is 11.3. The standard InChI is InChI=1S/C24H21N5OS/c1-15-9-10-16(2)22-20(15)27-24(31-22)29(14-18-7-6-11-25-13-18)23(30)21-17(3)26-19-8-4-5-12-28(19)21/h4-13H,14H2,1-3H3. The molecule has 0 aliphatic carbocycles. The molecule has 0 bridgehead atoms. The first-order valence-electron chi connectivity index (χ1n) is 10.0. The molecule has 1 aromatic carbocycles. The number of pyridine rings is 2. The molecule has 4 aromatic heterocycles. The Balaban J connectivity index is 1.67. The van der Waals surface area contributed by atoms with Gasteiger partial charge in [-0.1, -0.05) is 35.6 Å². The Bertz CT molecular complexity index is 1380. The van der Waals surface area contributed by atoms with Crippen molar-refractivity contribution in [3.05, 3.63) is 89.1 Å². The third-order valence-corrected chi connectivity index (χ3v) is 6.59. The van der Waals surface area contributed by atoms with Crippen LogP contribution in [0.25, 0.3) is 15.9 Å². The summed E-state index contributed by atoms with van der Waals surface area (Å²) in [6, 6.07) is 13.7. The minimum Gasteiger partial charge on any atom is -0.295 e. The van der Waals surface area contributed by atoms with Gasteiger partial charge in [0, 0.05) is 18.6 Å². The van der Waals surface area contributed by atoms with Crippen LogP contribution in [0.3, 0.4) is 0 Å². The lowest BCUT2D eigenvalue weighted by Gasteiger charge is -2.20. The lowest BCUT2D eigenvalue weighted by molar-refractivity contribution is 0.0979. The third-order valence-electron chi connectivity index (χ3n) is 5.38. The van der Waals surface area contributed by atoms with Crippen LogP contribution in [0.4, 0.5) is 5.13 Å². The van der Waals surface area contributed by atoms with Crippen molar-refractivity contribution in [2.24, 2.45) is 0 Å². The lowest BCUT2D eigenvalue weighted by atomic mass is 10.1. The van der Waals surface area contributed by atoms with Crippen LogP contribution in [0.5, 0.6) is 0 Å². The van der Waals surface area contributed by atoms with Crippen LogP contribution in [-0.4, -0.2) is 25.3 Å². The lowest BCUT2D eigenvalue weighted by Crippen LogP contribution is -2.31. The van der Waals surface area contributed by atoms with Gasteiger partial charge in [0.05, 0.1) is 22.5 Å². The van der Waals surface area contributed by atoms with Crippen molar-refractivity contribution in [2.45, 2.75) is 27.3 Å². The monoisotopic (exact) mass is 427 g/mol. The van der Waals surface area contributed by atoms with Crippen molar-refractivity contribution in [1.29, 1.82) is 0 Å². The summed E-state index contributed by atoms with van der Waals surface area (Å²) < 4.78 is 2.95. The zero-order valence-electron chi connectivity index (χ0n) is 17.5. The number of hydrogen-bond acceptors (Lipinski definition) is 5. The number of aryl methyl sites for hydroxylation is 3. The highest BCUT2D eigenvalue weighted by atomic mass is 32.1. The minimum absolute atomic E-state index is 0.130. The van der Waals surface area contributed by atoms with E-state index in [1.807, 2.05) is 54.8 Å². The molecule has 4 heterocycles. The molecule has 7 heteroatoms. The summed E-state index contributed by atoms with van der Waals surface area (Å²) >= 11 is 1.55. The number of nitrogens with zero attached hydrogens (tertiary/aromatic N) is 5. The smallest absolute Gasteiger partial charge is 0.279 e. The van der Waals surface area contributed by atoms with Crippen molar-refractivity contribution in [3.8, 4) is 0 Å². The zero-order chi connectivity index (χ0) is 21.5. The molecule has 0 N–H and O–H groups in total. The van der Waals surface area contributed by atoms with Crippen LogP contribution in [0.15, 0.2) is 61.1 Å². The van der Waals surface area contributed by atoms with E-state index in [1.165, 1.54) is 0 Å². The highest BCUT2D eigenvalue weighted by Crippen LogP contribution is 2.34. The number of amides is 1. The molecule has 31 heavy (non-hydrogen) atoms. The van der Waals surface area contributed by atoms with E-state index in [9.17, 15) is 4.79 Å². The van der Waals surface area contributed by atoms with Gasteiger partial charge in [-0.05, 0) is 55.7 Å². The number of hydrogen-bond donors (Lipinski definition) is 0. The number of carbonyl (C=O) groups is 1. The van der Waals surface area contributed by atoms with Crippen LogP contribution in [-0.2, 0) is 6.54 Å². The average Bonchev–Trinajstić information content (AvgIpc) is 3.37. The summed E-state index contributed by atoms with van der Waals surface area (Å²) in [5.74, 6) is -0.130. The van der Waals surface area contributed by atoms with Crippen LogP contribution in [0, 0.1) is 20.8 Å². The number of rotatable bonds is 4. The van der Waals surface area contributed by atoms with Crippen molar-refractivity contribution in [1.82, 2.24) is 19.4 Å². The molecule has 0 spiro atoms. The van der Waals surface area contributed by atoms with Gasteiger partial charge in [0.25, 0.3) is 5.91 Å². The quantitative estimate of drug-likeness (QED) is 0.400. The molecule has 0 aliphatic heterocycles. The molecule has 0 saturated heterocycles. The van der Waals surface area contributed by atoms with Gasteiger partial charge in [-0.3, -0.25) is 19.1 Å². The fraction of sp³-hybridized carbons (Fsp3) is 0.167. The van der Waals surface area contributed by atoms with Gasteiger partial charge in [-0.15, -0.1) is 0 Å². The Hall–Kier alpha value is -3.58. The fourth-order valence-corrected chi connectivity index (χ4v) is 4.87. The first-order chi connectivity index (χ1) is 15.0. The van der Waals surface area contributed by atoms with Gasteiger partial charge in [-0.25, -0.2) is 9.97 Å². The number of imidazole rings is 1. The second kappa shape index (κ2) is 7.59. The Morgan fingerprint density at radius 3 is 2.65 bits per heavy atom. The van der Waals surface area contributed by atoms with Gasteiger partial charge in [-0.2, -0.15) is 0 Å². The summed E-state index contributed by atoms with van der Waals surface area (Å²) in [5.41, 5.74) is 6.13. The molecule has 0 atom stereocenters. The molecular weight excluding hydrogens is 406 g/mol. The second-order valence-electron chi connectivity index (χ2n) is 7.60. The van der Waals surface area contributed by atoms with Gasteiger partial charge in [0.2, 0.25) is 0 Å². The molecule has 0 radical (unpaired) electrons. The van der Waals surface area contributed by atoms with Gasteiger partial charge < -0.3 is 0 Å². The topological polar surface area (TPSA) is 63.4 Å². The SMILES string of the molecule is Cc1nc2ccccn2c1C(=O)N(Cc1cccnc1)c1nc2c(C)ccc(C)c2s1. The molecule has 0 saturated carbocycles. The van der Waals surface area contributed by atoms with Gasteiger partial charge >= 0.3 is 0 Å². The van der Waals surface area contributed by atoms with Crippen LogP contribution >= 0.6 is 11.3 Å². The van der Waals surface area contributed by atoms with E-state index >= 15 is 0 Å². The summed E-state index contributed by atoms with van der Waals surface area (Å²) in [7, 11) is 0. The Morgan fingerprint density at radius 2 is 1.87 bits per heavy atom. The van der Waals surface area contributed by atoms with E-state index in [0.29, 0.717) is 23.1 Å². The van der Waals surface area contributed by atoms with Crippen molar-refractivity contribution in [3.63, 3.8) is 0 Å². The van der Waals surface area contributed by atoms with Crippen LogP contribution in [0.1, 0.15) is 32.9 Å². The number of benzene rings is 1. The van der Waals surface area contributed by atoms with E-state index in [4.69, 9.17) is 4.98 Å². The highest BCUT2D eigenvalue weighted by molar-refractivity contribution is 7.22. The van der Waals surface area contributed by atoms with E-state index < -0.39 is 0 Å². The fourth-order valence-electron chi connectivity index (χ4n) is 3.76. The van der Waals surface area contributed by atoms with E-state index in [0.717, 1.165) is 32.6 Å². The summed E-state index contributed by atoms with van der Waals surface area (Å²) in [4.78, 5) is 29.3. The predicted octanol–water partition coefficient (Wildman–Crippen LogP) is 5.11. The molecule has 6 nitrogen and oxygen atoms in total. The predicted molar refractivity (Wildman–Crippen MR) is 124 cm³/mol. The maximum Gasteiger partial charge on any atom is 0.279 e. The maximum atomic E-state index is 13.9. The molecule has 5 rings (SSSR count). The number of fused-ring (bicyclic) bond motifs is 2. The van der Waals surface area contributed by atoms with Gasteiger partial charge in [0.1, 0.15) is 11.3 Å².